The van der Waals surface area contributed by atoms with E-state index in [0.717, 1.165) is 12.8 Å². The molecule has 0 fully saturated rings. The van der Waals surface area contributed by atoms with E-state index in [1.165, 1.54) is 16.8 Å². The van der Waals surface area contributed by atoms with Crippen LogP contribution in [0, 0.1) is 0 Å². The van der Waals surface area contributed by atoms with Crippen LogP contribution in [0.25, 0.3) is 0 Å². The van der Waals surface area contributed by atoms with Gasteiger partial charge in [0.05, 0.1) is 0 Å². The van der Waals surface area contributed by atoms with Gasteiger partial charge in [-0.25, -0.2) is 4.68 Å². The molecular weight excluding hydrogens is 206 g/mol. The van der Waals surface area contributed by atoms with Crippen molar-refractivity contribution in [2.75, 3.05) is 6.54 Å². The summed E-state index contributed by atoms with van der Waals surface area (Å²) in [6, 6.07) is 2.82. The molecule has 0 saturated carbocycles. The summed E-state index contributed by atoms with van der Waals surface area (Å²) in [7, 11) is 0. The zero-order valence-electron chi connectivity index (χ0n) is 9.69. The van der Waals surface area contributed by atoms with Crippen molar-refractivity contribution in [2.45, 2.75) is 33.2 Å². The minimum absolute atomic E-state index is 0.187. The fourth-order valence-corrected chi connectivity index (χ4v) is 1.27. The lowest BCUT2D eigenvalue weighted by atomic mass is 10.3. The summed E-state index contributed by atoms with van der Waals surface area (Å²) < 4.78 is 1.27. The predicted molar refractivity (Wildman–Crippen MR) is 61.4 cm³/mol. The van der Waals surface area contributed by atoms with Gasteiger partial charge in [0.1, 0.15) is 5.69 Å². The number of carbonyl (C=O) groups excluding carboxylic acids is 1. The first kappa shape index (κ1) is 12.4. The van der Waals surface area contributed by atoms with Gasteiger partial charge in [-0.2, -0.15) is 5.10 Å². The summed E-state index contributed by atoms with van der Waals surface area (Å²) in [6.07, 6.45) is 1.97. The first-order chi connectivity index (χ1) is 7.69. The number of unbranched alkanes of at least 4 members (excludes halogenated alkanes) is 1. The molecular formula is C11H17N3O2. The Balaban J connectivity index is 2.72. The Labute approximate surface area is 94.5 Å². The Morgan fingerprint density at radius 1 is 1.44 bits per heavy atom. The molecule has 0 aliphatic rings. The molecule has 16 heavy (non-hydrogen) atoms. The molecule has 5 nitrogen and oxygen atoms in total. The normalized spacial score (nSPS) is 10.1. The first-order valence-electron chi connectivity index (χ1n) is 5.55. The van der Waals surface area contributed by atoms with E-state index in [2.05, 4.69) is 17.3 Å². The lowest BCUT2D eigenvalue weighted by Crippen LogP contribution is -2.29. The van der Waals surface area contributed by atoms with Crippen molar-refractivity contribution in [1.29, 1.82) is 0 Å². The number of amides is 1. The highest BCUT2D eigenvalue weighted by atomic mass is 16.2. The summed E-state index contributed by atoms with van der Waals surface area (Å²) in [5.41, 5.74) is 0.102. The standard InChI is InChI=1S/C11H17N3O2/c1-3-5-8-12-11(16)9-6-7-10(15)14(4-2)13-9/h6-7H,3-5,8H2,1-2H3,(H,12,16). The molecule has 0 unspecified atom stereocenters. The summed E-state index contributed by atoms with van der Waals surface area (Å²) >= 11 is 0. The summed E-state index contributed by atoms with van der Waals surface area (Å²) in [4.78, 5) is 22.9. The Kier molecular flexibility index (Phi) is 4.69. The van der Waals surface area contributed by atoms with Gasteiger partial charge in [-0.15, -0.1) is 0 Å². The van der Waals surface area contributed by atoms with Crippen LogP contribution in [0.5, 0.6) is 0 Å². The van der Waals surface area contributed by atoms with Gasteiger partial charge in [0, 0.05) is 19.2 Å². The Morgan fingerprint density at radius 3 is 2.81 bits per heavy atom. The molecule has 1 rings (SSSR count). The maximum Gasteiger partial charge on any atom is 0.271 e. The van der Waals surface area contributed by atoms with Crippen LogP contribution >= 0.6 is 0 Å². The number of aromatic nitrogens is 2. The zero-order chi connectivity index (χ0) is 12.0. The van der Waals surface area contributed by atoms with Crippen molar-refractivity contribution in [3.05, 3.63) is 28.2 Å². The highest BCUT2D eigenvalue weighted by Crippen LogP contribution is 1.91. The van der Waals surface area contributed by atoms with Crippen molar-refractivity contribution >= 4 is 5.91 Å². The number of carbonyl (C=O) groups is 1. The van der Waals surface area contributed by atoms with Crippen LogP contribution in [0.4, 0.5) is 0 Å². The van der Waals surface area contributed by atoms with Gasteiger partial charge >= 0.3 is 0 Å². The molecule has 0 bridgehead atoms. The molecule has 1 aromatic heterocycles. The third-order valence-electron chi connectivity index (χ3n) is 2.21. The van der Waals surface area contributed by atoms with E-state index in [0.29, 0.717) is 13.1 Å². The SMILES string of the molecule is CCCCNC(=O)c1ccc(=O)n(CC)n1. The maximum atomic E-state index is 11.6. The summed E-state index contributed by atoms with van der Waals surface area (Å²) in [6.45, 7) is 4.98. The molecule has 0 aliphatic carbocycles. The molecule has 0 saturated heterocycles. The molecule has 1 heterocycles. The molecule has 0 radical (unpaired) electrons. The molecule has 5 heteroatoms. The number of hydrogen-bond acceptors (Lipinski definition) is 3. The van der Waals surface area contributed by atoms with E-state index in [4.69, 9.17) is 0 Å². The van der Waals surface area contributed by atoms with Gasteiger partial charge in [0.25, 0.3) is 11.5 Å². The maximum absolute atomic E-state index is 11.6. The van der Waals surface area contributed by atoms with Crippen LogP contribution in [-0.2, 0) is 6.54 Å². The Bertz CT molecular complexity index is 412. The van der Waals surface area contributed by atoms with Gasteiger partial charge < -0.3 is 5.32 Å². The third-order valence-corrected chi connectivity index (χ3v) is 2.21. The van der Waals surface area contributed by atoms with E-state index in [1.54, 1.807) is 0 Å². The zero-order valence-corrected chi connectivity index (χ0v) is 9.69. The van der Waals surface area contributed by atoms with Crippen molar-refractivity contribution in [3.63, 3.8) is 0 Å². The van der Waals surface area contributed by atoms with E-state index >= 15 is 0 Å². The lowest BCUT2D eigenvalue weighted by molar-refractivity contribution is 0.0945. The second-order valence-electron chi connectivity index (χ2n) is 3.48. The number of aryl methyl sites for hydroxylation is 1. The highest BCUT2D eigenvalue weighted by molar-refractivity contribution is 5.91. The fourth-order valence-electron chi connectivity index (χ4n) is 1.27. The second kappa shape index (κ2) is 6.05. The monoisotopic (exact) mass is 223 g/mol. The van der Waals surface area contributed by atoms with Gasteiger partial charge in [-0.05, 0) is 19.4 Å². The van der Waals surface area contributed by atoms with Gasteiger partial charge in [-0.3, -0.25) is 9.59 Å². The molecule has 0 spiro atoms. The minimum Gasteiger partial charge on any atom is -0.351 e. The predicted octanol–water partition coefficient (Wildman–Crippen LogP) is 0.793. The van der Waals surface area contributed by atoms with Crippen molar-refractivity contribution in [2.24, 2.45) is 0 Å². The molecule has 88 valence electrons. The van der Waals surface area contributed by atoms with Crippen molar-refractivity contribution < 1.29 is 4.79 Å². The number of nitrogens with one attached hydrogen (secondary N) is 1. The summed E-state index contributed by atoms with van der Waals surface area (Å²) in [5, 5.41) is 6.72. The van der Waals surface area contributed by atoms with Crippen LogP contribution in [0.3, 0.4) is 0 Å². The highest BCUT2D eigenvalue weighted by Gasteiger charge is 2.07. The quantitative estimate of drug-likeness (QED) is 0.751. The van der Waals surface area contributed by atoms with E-state index in [9.17, 15) is 9.59 Å². The first-order valence-corrected chi connectivity index (χ1v) is 5.55. The topological polar surface area (TPSA) is 64.0 Å². The third kappa shape index (κ3) is 3.18. The van der Waals surface area contributed by atoms with E-state index in [-0.39, 0.29) is 17.2 Å². The Morgan fingerprint density at radius 2 is 2.19 bits per heavy atom. The molecule has 1 amide bonds. The molecule has 1 N–H and O–H groups in total. The Hall–Kier alpha value is -1.65. The van der Waals surface area contributed by atoms with Gasteiger partial charge in [0.15, 0.2) is 0 Å². The largest absolute Gasteiger partial charge is 0.351 e. The number of nitrogens with zero attached hydrogens (tertiary/aromatic N) is 2. The summed E-state index contributed by atoms with van der Waals surface area (Å²) in [5.74, 6) is -0.226. The van der Waals surface area contributed by atoms with Crippen molar-refractivity contribution in [1.82, 2.24) is 15.1 Å². The second-order valence-corrected chi connectivity index (χ2v) is 3.48. The average molecular weight is 223 g/mol. The van der Waals surface area contributed by atoms with Crippen LogP contribution in [0.1, 0.15) is 37.2 Å². The fraction of sp³-hybridized carbons (Fsp3) is 0.545. The smallest absolute Gasteiger partial charge is 0.271 e. The lowest BCUT2D eigenvalue weighted by Gasteiger charge is -2.05. The van der Waals surface area contributed by atoms with Crippen LogP contribution in [-0.4, -0.2) is 22.2 Å². The van der Waals surface area contributed by atoms with Gasteiger partial charge in [0.2, 0.25) is 0 Å². The molecule has 0 atom stereocenters. The number of hydrogen-bond donors (Lipinski definition) is 1. The van der Waals surface area contributed by atoms with Crippen molar-refractivity contribution in [3.8, 4) is 0 Å². The van der Waals surface area contributed by atoms with Crippen LogP contribution in [0.15, 0.2) is 16.9 Å². The minimum atomic E-state index is -0.226. The molecule has 0 aliphatic heterocycles. The average Bonchev–Trinajstić information content (AvgIpc) is 2.30. The van der Waals surface area contributed by atoms with E-state index in [1.807, 2.05) is 6.92 Å². The molecule has 0 aromatic carbocycles. The molecule has 1 aromatic rings. The van der Waals surface area contributed by atoms with Crippen LogP contribution in [0.2, 0.25) is 0 Å². The van der Waals surface area contributed by atoms with Gasteiger partial charge in [-0.1, -0.05) is 13.3 Å². The number of rotatable bonds is 5. The van der Waals surface area contributed by atoms with Crippen LogP contribution < -0.4 is 10.9 Å². The van der Waals surface area contributed by atoms with E-state index < -0.39 is 0 Å².